The Hall–Kier alpha value is -6.42. The van der Waals surface area contributed by atoms with Crippen LogP contribution in [0.3, 0.4) is 0 Å². The Kier molecular flexibility index (Phi) is 9.73. The van der Waals surface area contributed by atoms with Crippen molar-refractivity contribution in [2.24, 2.45) is 0 Å². The van der Waals surface area contributed by atoms with Gasteiger partial charge in [-0.1, -0.05) is 65.1 Å². The lowest BCUT2D eigenvalue weighted by Crippen LogP contribution is -2.36. The third-order valence-corrected chi connectivity index (χ3v) is 8.48. The van der Waals surface area contributed by atoms with Crippen LogP contribution in [0.15, 0.2) is 109 Å². The molecule has 0 spiro atoms. The number of nitrogens with zero attached hydrogens (tertiary/aromatic N) is 2. The van der Waals surface area contributed by atoms with Crippen molar-refractivity contribution in [2.45, 2.75) is 47.0 Å². The molecular weight excluding hydrogens is 648 g/mol. The van der Waals surface area contributed by atoms with E-state index >= 15 is 0 Å². The van der Waals surface area contributed by atoms with Crippen LogP contribution >= 0.6 is 0 Å². The molecule has 0 saturated carbocycles. The molecule has 0 aliphatic carbocycles. The summed E-state index contributed by atoms with van der Waals surface area (Å²) < 4.78 is 12.0. The Balaban J connectivity index is 0.00000248. The molecule has 0 saturated heterocycles. The second-order valence-corrected chi connectivity index (χ2v) is 12.4. The molecule has 0 aromatic heterocycles. The van der Waals surface area contributed by atoms with Crippen molar-refractivity contribution >= 4 is 35.4 Å². The molecule has 6 amide bonds. The van der Waals surface area contributed by atoms with E-state index in [-0.39, 0.29) is 33.4 Å². The molecule has 6 rings (SSSR count). The van der Waals surface area contributed by atoms with Crippen molar-refractivity contribution < 1.29 is 38.2 Å². The summed E-state index contributed by atoms with van der Waals surface area (Å²) in [5, 5.41) is 0. The van der Waals surface area contributed by atoms with E-state index in [2.05, 4.69) is 27.0 Å². The van der Waals surface area contributed by atoms with Gasteiger partial charge in [-0.3, -0.25) is 28.8 Å². The average molecular weight is 685 g/mol. The van der Waals surface area contributed by atoms with Crippen LogP contribution in [0.2, 0.25) is 0 Å². The summed E-state index contributed by atoms with van der Waals surface area (Å²) in [6.07, 6.45) is 0. The van der Waals surface area contributed by atoms with Crippen molar-refractivity contribution in [3.05, 3.63) is 143 Å². The fourth-order valence-electron chi connectivity index (χ4n) is 5.64. The lowest BCUT2D eigenvalue weighted by Gasteiger charge is -2.26. The van der Waals surface area contributed by atoms with Crippen molar-refractivity contribution in [1.82, 2.24) is 9.80 Å². The van der Waals surface area contributed by atoms with Crippen LogP contribution in [-0.2, 0) is 15.0 Å². The lowest BCUT2D eigenvalue weighted by atomic mass is 9.78. The van der Waals surface area contributed by atoms with E-state index in [0.29, 0.717) is 32.8 Å². The van der Waals surface area contributed by atoms with Crippen LogP contribution in [0.4, 0.5) is 0 Å². The number of imide groups is 6. The summed E-state index contributed by atoms with van der Waals surface area (Å²) in [6, 6.07) is 23.9. The normalized spacial score (nSPS) is 13.3. The van der Waals surface area contributed by atoms with Crippen LogP contribution in [0.1, 0.15) is 94.1 Å². The highest BCUT2D eigenvalue weighted by molar-refractivity contribution is 6.32. The maximum atomic E-state index is 12.8. The molecule has 0 atom stereocenters. The molecular formula is C41H36N2O8. The van der Waals surface area contributed by atoms with Crippen LogP contribution < -0.4 is 9.47 Å². The average Bonchev–Trinajstić information content (AvgIpc) is 3.51. The largest absolute Gasteiger partial charge is 0.457 e. The van der Waals surface area contributed by atoms with Gasteiger partial charge in [-0.15, -0.1) is 0 Å². The first-order valence-electron chi connectivity index (χ1n) is 16.2. The Labute approximate surface area is 295 Å². The third kappa shape index (κ3) is 6.51. The summed E-state index contributed by atoms with van der Waals surface area (Å²) in [4.78, 5) is 76.7. The van der Waals surface area contributed by atoms with E-state index in [1.807, 2.05) is 38.1 Å². The summed E-state index contributed by atoms with van der Waals surface area (Å²) >= 11 is 0. The molecule has 10 nitrogen and oxygen atoms in total. The third-order valence-electron chi connectivity index (χ3n) is 8.48. The Bertz CT molecular complexity index is 2010. The van der Waals surface area contributed by atoms with Gasteiger partial charge in [0.25, 0.3) is 35.4 Å². The molecule has 2 aliphatic heterocycles. The highest BCUT2D eigenvalue weighted by Crippen LogP contribution is 2.36. The Morgan fingerprint density at radius 2 is 0.804 bits per heavy atom. The SMILES string of the molecule is C=C(C)C(=O)N1C(=O)c2ccc(Oc3ccc(C(C)(C)c4ccc(Oc5ccc6c(c5)C(=O)N(C(=O)C(=C)C)C6=O)cc4)cc3)cc2C1=O.CC. The van der Waals surface area contributed by atoms with E-state index in [1.165, 1.54) is 38.1 Å². The van der Waals surface area contributed by atoms with E-state index in [0.717, 1.165) is 11.1 Å². The van der Waals surface area contributed by atoms with Gasteiger partial charge < -0.3 is 9.47 Å². The molecule has 0 N–H and O–H groups in total. The zero-order valence-electron chi connectivity index (χ0n) is 29.2. The number of hydrogen-bond acceptors (Lipinski definition) is 8. The van der Waals surface area contributed by atoms with Gasteiger partial charge in [-0.25, -0.2) is 9.80 Å². The van der Waals surface area contributed by atoms with Crippen molar-refractivity contribution in [3.63, 3.8) is 0 Å². The number of hydrogen-bond donors (Lipinski definition) is 0. The molecule has 2 heterocycles. The smallest absolute Gasteiger partial charge is 0.268 e. The van der Waals surface area contributed by atoms with Crippen LogP contribution in [0.5, 0.6) is 23.0 Å². The zero-order chi connectivity index (χ0) is 37.4. The second kappa shape index (κ2) is 13.8. The molecule has 0 bridgehead atoms. The summed E-state index contributed by atoms with van der Waals surface area (Å²) in [6.45, 7) is 18.1. The zero-order valence-corrected chi connectivity index (χ0v) is 29.2. The minimum absolute atomic E-state index is 0.0820. The van der Waals surface area contributed by atoms with Gasteiger partial charge in [0.2, 0.25) is 0 Å². The van der Waals surface area contributed by atoms with Crippen LogP contribution in [0, 0.1) is 0 Å². The van der Waals surface area contributed by atoms with E-state index < -0.39 is 40.9 Å². The minimum Gasteiger partial charge on any atom is -0.457 e. The van der Waals surface area contributed by atoms with Gasteiger partial charge in [-0.2, -0.15) is 0 Å². The second-order valence-electron chi connectivity index (χ2n) is 12.4. The standard InChI is InChI=1S/C39H30N2O8.C2H6/c1-21(2)33(42)40-35(44)29-17-15-27(19-31(29)37(40)46)48-25-11-7-23(8-12-25)39(5,6)24-9-13-26(14-10-24)49-28-16-18-30-32(20-28)38(47)41(36(30)45)34(43)22(3)4;1-2/h7-20H,1,3H2,2,4-6H3;1-2H3. The predicted molar refractivity (Wildman–Crippen MR) is 190 cm³/mol. The predicted octanol–water partition coefficient (Wildman–Crippen LogP) is 8.02. The molecule has 0 fully saturated rings. The number of ether oxygens (including phenoxy) is 2. The number of benzene rings is 4. The quantitative estimate of drug-likeness (QED) is 0.135. The molecule has 0 radical (unpaired) electrons. The molecule has 4 aromatic rings. The number of fused-ring (bicyclic) bond motifs is 2. The fourth-order valence-corrected chi connectivity index (χ4v) is 5.64. The first kappa shape index (κ1) is 35.9. The van der Waals surface area contributed by atoms with Gasteiger partial charge >= 0.3 is 0 Å². The number of carbonyl (C=O) groups excluding carboxylic acids is 6. The van der Waals surface area contributed by atoms with Crippen molar-refractivity contribution in [3.8, 4) is 23.0 Å². The molecule has 10 heteroatoms. The molecule has 258 valence electrons. The van der Waals surface area contributed by atoms with Crippen LogP contribution in [-0.4, -0.2) is 45.2 Å². The maximum Gasteiger partial charge on any atom is 0.268 e. The van der Waals surface area contributed by atoms with Gasteiger partial charge in [0, 0.05) is 16.6 Å². The van der Waals surface area contributed by atoms with Gasteiger partial charge in [0.1, 0.15) is 23.0 Å². The molecule has 0 unspecified atom stereocenters. The Morgan fingerprint density at radius 1 is 0.510 bits per heavy atom. The van der Waals surface area contributed by atoms with E-state index in [1.54, 1.807) is 36.4 Å². The number of carbonyl (C=O) groups is 6. The first-order chi connectivity index (χ1) is 24.2. The van der Waals surface area contributed by atoms with E-state index in [4.69, 9.17) is 9.47 Å². The van der Waals surface area contributed by atoms with Gasteiger partial charge in [0.15, 0.2) is 0 Å². The highest BCUT2D eigenvalue weighted by Gasteiger charge is 2.41. The maximum absolute atomic E-state index is 12.8. The van der Waals surface area contributed by atoms with Crippen molar-refractivity contribution in [2.75, 3.05) is 0 Å². The summed E-state index contributed by atoms with van der Waals surface area (Å²) in [5.41, 5.74) is 2.16. The lowest BCUT2D eigenvalue weighted by molar-refractivity contribution is -0.123. The van der Waals surface area contributed by atoms with Gasteiger partial charge in [-0.05, 0) is 85.6 Å². The minimum atomic E-state index is -0.740. The number of amides is 6. The van der Waals surface area contributed by atoms with Crippen LogP contribution in [0.25, 0.3) is 0 Å². The Morgan fingerprint density at radius 3 is 1.12 bits per heavy atom. The van der Waals surface area contributed by atoms with E-state index in [9.17, 15) is 28.8 Å². The monoisotopic (exact) mass is 684 g/mol. The topological polar surface area (TPSA) is 127 Å². The molecule has 4 aromatic carbocycles. The summed E-state index contributed by atoms with van der Waals surface area (Å²) in [5.74, 6) is -2.59. The number of rotatable bonds is 8. The highest BCUT2D eigenvalue weighted by atomic mass is 16.5. The fraction of sp³-hybridized carbons (Fsp3) is 0.171. The first-order valence-corrected chi connectivity index (χ1v) is 16.2. The van der Waals surface area contributed by atoms with Crippen molar-refractivity contribution in [1.29, 1.82) is 0 Å². The summed E-state index contributed by atoms with van der Waals surface area (Å²) in [7, 11) is 0. The molecule has 51 heavy (non-hydrogen) atoms. The van der Waals surface area contributed by atoms with Gasteiger partial charge in [0.05, 0.1) is 22.3 Å². The molecule has 2 aliphatic rings.